The largest absolute Gasteiger partial charge is 0.454 e. The summed E-state index contributed by atoms with van der Waals surface area (Å²) in [4.78, 5) is 0. The van der Waals surface area contributed by atoms with Crippen LogP contribution in [0, 0.1) is 0 Å². The lowest BCUT2D eigenvalue weighted by Crippen LogP contribution is -1.92. The third-order valence-electron chi connectivity index (χ3n) is 3.15. The maximum absolute atomic E-state index is 5.75. The predicted molar refractivity (Wildman–Crippen MR) is 79.0 cm³/mol. The van der Waals surface area contributed by atoms with E-state index in [0.29, 0.717) is 17.5 Å². The average molecular weight is 345 g/mol. The molecule has 0 saturated heterocycles. The van der Waals surface area contributed by atoms with Crippen LogP contribution in [-0.2, 0) is 0 Å². The van der Waals surface area contributed by atoms with Gasteiger partial charge in [0, 0.05) is 10.0 Å². The SMILES string of the molecule is Brc1ccccc1-c1nnc(-c2ccc3c(c2)OCO3)o1. The molecule has 6 heteroatoms. The number of hydrogen-bond donors (Lipinski definition) is 0. The highest BCUT2D eigenvalue weighted by atomic mass is 79.9. The van der Waals surface area contributed by atoms with Crippen molar-refractivity contribution in [3.05, 3.63) is 46.9 Å². The molecule has 0 spiro atoms. The molecule has 0 atom stereocenters. The fourth-order valence-electron chi connectivity index (χ4n) is 2.11. The van der Waals surface area contributed by atoms with Crippen molar-refractivity contribution in [2.45, 2.75) is 0 Å². The summed E-state index contributed by atoms with van der Waals surface area (Å²) < 4.78 is 17.3. The maximum atomic E-state index is 5.75. The van der Waals surface area contributed by atoms with Crippen LogP contribution in [0.3, 0.4) is 0 Å². The monoisotopic (exact) mass is 344 g/mol. The van der Waals surface area contributed by atoms with E-state index in [1.54, 1.807) is 0 Å². The Morgan fingerprint density at radius 2 is 1.71 bits per heavy atom. The lowest BCUT2D eigenvalue weighted by molar-refractivity contribution is 0.174. The zero-order chi connectivity index (χ0) is 14.2. The van der Waals surface area contributed by atoms with Crippen molar-refractivity contribution < 1.29 is 13.9 Å². The number of benzene rings is 2. The highest BCUT2D eigenvalue weighted by Gasteiger charge is 2.17. The topological polar surface area (TPSA) is 57.4 Å². The molecule has 0 fully saturated rings. The highest BCUT2D eigenvalue weighted by Crippen LogP contribution is 2.36. The van der Waals surface area contributed by atoms with Crippen LogP contribution >= 0.6 is 15.9 Å². The molecule has 5 nitrogen and oxygen atoms in total. The van der Waals surface area contributed by atoms with Crippen molar-refractivity contribution in [3.63, 3.8) is 0 Å². The van der Waals surface area contributed by atoms with Gasteiger partial charge in [0.15, 0.2) is 11.5 Å². The summed E-state index contributed by atoms with van der Waals surface area (Å²) in [5, 5.41) is 8.19. The van der Waals surface area contributed by atoms with Crippen LogP contribution in [0.25, 0.3) is 22.9 Å². The van der Waals surface area contributed by atoms with Crippen LogP contribution < -0.4 is 9.47 Å². The first-order valence-electron chi connectivity index (χ1n) is 6.30. The summed E-state index contributed by atoms with van der Waals surface area (Å²) >= 11 is 3.47. The van der Waals surface area contributed by atoms with Gasteiger partial charge >= 0.3 is 0 Å². The van der Waals surface area contributed by atoms with Gasteiger partial charge < -0.3 is 13.9 Å². The van der Waals surface area contributed by atoms with E-state index in [0.717, 1.165) is 21.3 Å². The number of fused-ring (bicyclic) bond motifs is 1. The molecule has 0 amide bonds. The zero-order valence-electron chi connectivity index (χ0n) is 10.7. The summed E-state index contributed by atoms with van der Waals surface area (Å²) in [5.74, 6) is 2.33. The van der Waals surface area contributed by atoms with Crippen molar-refractivity contribution in [3.8, 4) is 34.4 Å². The van der Waals surface area contributed by atoms with Gasteiger partial charge in [0.25, 0.3) is 0 Å². The summed E-state index contributed by atoms with van der Waals surface area (Å²) in [7, 11) is 0. The molecule has 0 aliphatic carbocycles. The van der Waals surface area contributed by atoms with Gasteiger partial charge in [-0.25, -0.2) is 0 Å². The first kappa shape index (κ1) is 12.4. The van der Waals surface area contributed by atoms with Gasteiger partial charge in [-0.3, -0.25) is 0 Å². The molecule has 104 valence electrons. The normalized spacial score (nSPS) is 12.6. The number of hydrogen-bond acceptors (Lipinski definition) is 5. The second-order valence-corrected chi connectivity index (χ2v) is 5.31. The molecule has 21 heavy (non-hydrogen) atoms. The van der Waals surface area contributed by atoms with Crippen LogP contribution in [0.5, 0.6) is 11.5 Å². The van der Waals surface area contributed by atoms with Gasteiger partial charge in [-0.2, -0.15) is 0 Å². The molecule has 2 heterocycles. The lowest BCUT2D eigenvalue weighted by Gasteiger charge is -1.99. The molecule has 0 radical (unpaired) electrons. The Morgan fingerprint density at radius 1 is 0.905 bits per heavy atom. The van der Waals surface area contributed by atoms with Crippen LogP contribution in [-0.4, -0.2) is 17.0 Å². The van der Waals surface area contributed by atoms with Crippen LogP contribution in [0.4, 0.5) is 0 Å². The summed E-state index contributed by atoms with van der Waals surface area (Å²) in [5.41, 5.74) is 1.65. The minimum atomic E-state index is 0.241. The minimum Gasteiger partial charge on any atom is -0.454 e. The maximum Gasteiger partial charge on any atom is 0.249 e. The predicted octanol–water partition coefficient (Wildman–Crippen LogP) is 3.89. The highest BCUT2D eigenvalue weighted by molar-refractivity contribution is 9.10. The Bertz CT molecular complexity index is 816. The number of ether oxygens (including phenoxy) is 2. The second-order valence-electron chi connectivity index (χ2n) is 4.46. The zero-order valence-corrected chi connectivity index (χ0v) is 12.3. The quantitative estimate of drug-likeness (QED) is 0.705. The smallest absolute Gasteiger partial charge is 0.249 e. The van der Waals surface area contributed by atoms with Gasteiger partial charge in [-0.15, -0.1) is 10.2 Å². The minimum absolute atomic E-state index is 0.241. The molecule has 2 aromatic carbocycles. The molecule has 0 unspecified atom stereocenters. The first-order valence-corrected chi connectivity index (χ1v) is 7.09. The van der Waals surface area contributed by atoms with Crippen molar-refractivity contribution in [2.75, 3.05) is 6.79 Å². The van der Waals surface area contributed by atoms with E-state index < -0.39 is 0 Å². The van der Waals surface area contributed by atoms with Crippen LogP contribution in [0.1, 0.15) is 0 Å². The first-order chi connectivity index (χ1) is 10.3. The molecular formula is C15H9BrN2O3. The molecule has 1 aromatic heterocycles. The van der Waals surface area contributed by atoms with Crippen molar-refractivity contribution >= 4 is 15.9 Å². The fraction of sp³-hybridized carbons (Fsp3) is 0.0667. The van der Waals surface area contributed by atoms with E-state index in [1.165, 1.54) is 0 Å². The Balaban J connectivity index is 1.73. The van der Waals surface area contributed by atoms with Gasteiger partial charge in [0.1, 0.15) is 0 Å². The van der Waals surface area contributed by atoms with Crippen molar-refractivity contribution in [1.82, 2.24) is 10.2 Å². The third-order valence-corrected chi connectivity index (χ3v) is 3.84. The third kappa shape index (κ3) is 2.17. The fourth-order valence-corrected chi connectivity index (χ4v) is 2.57. The van der Waals surface area contributed by atoms with Gasteiger partial charge in [0.2, 0.25) is 18.6 Å². The van der Waals surface area contributed by atoms with E-state index in [9.17, 15) is 0 Å². The van der Waals surface area contributed by atoms with Gasteiger partial charge in [-0.1, -0.05) is 12.1 Å². The van der Waals surface area contributed by atoms with E-state index in [1.807, 2.05) is 42.5 Å². The van der Waals surface area contributed by atoms with E-state index in [4.69, 9.17) is 13.9 Å². The molecule has 1 aliphatic heterocycles. The number of nitrogens with zero attached hydrogens (tertiary/aromatic N) is 2. The van der Waals surface area contributed by atoms with Crippen LogP contribution in [0.2, 0.25) is 0 Å². The summed E-state index contributed by atoms with van der Waals surface area (Å²) in [6.45, 7) is 0.241. The van der Waals surface area contributed by atoms with E-state index >= 15 is 0 Å². The van der Waals surface area contributed by atoms with Gasteiger partial charge in [0.05, 0.1) is 5.56 Å². The summed E-state index contributed by atoms with van der Waals surface area (Å²) in [6.07, 6.45) is 0. The molecule has 0 N–H and O–H groups in total. The molecule has 0 saturated carbocycles. The molecule has 1 aliphatic rings. The van der Waals surface area contributed by atoms with Gasteiger partial charge in [-0.05, 0) is 46.3 Å². The Morgan fingerprint density at radius 3 is 2.62 bits per heavy atom. The average Bonchev–Trinajstić information content (AvgIpc) is 3.16. The number of rotatable bonds is 2. The van der Waals surface area contributed by atoms with Crippen molar-refractivity contribution in [1.29, 1.82) is 0 Å². The second kappa shape index (κ2) is 4.89. The molecule has 4 rings (SSSR count). The number of aromatic nitrogens is 2. The Labute approximate surface area is 128 Å². The molecular weight excluding hydrogens is 336 g/mol. The standard InChI is InChI=1S/C15H9BrN2O3/c16-11-4-2-1-3-10(11)15-18-17-14(21-15)9-5-6-12-13(7-9)20-8-19-12/h1-7H,8H2. The number of halogens is 1. The molecule has 3 aromatic rings. The van der Waals surface area contributed by atoms with Crippen LogP contribution in [0.15, 0.2) is 51.4 Å². The lowest BCUT2D eigenvalue weighted by atomic mass is 10.2. The Kier molecular flexibility index (Phi) is 2.89. The van der Waals surface area contributed by atoms with E-state index in [-0.39, 0.29) is 6.79 Å². The molecule has 0 bridgehead atoms. The van der Waals surface area contributed by atoms with E-state index in [2.05, 4.69) is 26.1 Å². The summed E-state index contributed by atoms with van der Waals surface area (Å²) in [6, 6.07) is 13.2. The van der Waals surface area contributed by atoms with Crippen molar-refractivity contribution in [2.24, 2.45) is 0 Å². The Hall–Kier alpha value is -2.34.